The van der Waals surface area contributed by atoms with E-state index in [1.807, 2.05) is 37.5 Å². The van der Waals surface area contributed by atoms with E-state index in [1.165, 1.54) is 23.1 Å². The molecule has 10 heteroatoms. The van der Waals surface area contributed by atoms with E-state index in [4.69, 9.17) is 10.5 Å². The minimum absolute atomic E-state index is 0.203. The molecule has 0 spiro atoms. The van der Waals surface area contributed by atoms with Crippen LogP contribution in [0.3, 0.4) is 0 Å². The van der Waals surface area contributed by atoms with Crippen LogP contribution >= 0.6 is 0 Å². The number of carbonyl (C=O) groups excluding carboxylic acids is 1. The minimum atomic E-state index is -0.576. The number of rotatable bonds is 7. The highest BCUT2D eigenvalue weighted by Crippen LogP contribution is 2.19. The van der Waals surface area contributed by atoms with Crippen molar-refractivity contribution in [3.05, 3.63) is 77.1 Å². The fourth-order valence-electron chi connectivity index (χ4n) is 2.95. The van der Waals surface area contributed by atoms with E-state index in [1.54, 1.807) is 16.9 Å². The zero-order chi connectivity index (χ0) is 21.8. The smallest absolute Gasteiger partial charge is 0.267 e. The van der Waals surface area contributed by atoms with Crippen molar-refractivity contribution in [1.82, 2.24) is 29.5 Å². The van der Waals surface area contributed by atoms with Gasteiger partial charge in [0.25, 0.3) is 11.5 Å². The Labute approximate surface area is 177 Å². The second-order valence-corrected chi connectivity index (χ2v) is 6.81. The lowest BCUT2D eigenvalue weighted by Gasteiger charge is -2.08. The summed E-state index contributed by atoms with van der Waals surface area (Å²) in [6.45, 7) is 0.0542. The fourth-order valence-corrected chi connectivity index (χ4v) is 2.95. The number of nitrogens with two attached hydrogens (primary N) is 1. The van der Waals surface area contributed by atoms with E-state index in [-0.39, 0.29) is 12.2 Å². The van der Waals surface area contributed by atoms with E-state index in [2.05, 4.69) is 20.2 Å². The average molecular weight is 417 g/mol. The molecular formula is C21H19N7O3. The SMILES string of the molecule is Cn1cc(-c2ccc(=O)n(Cc3cccc(-c4ncc(OCC(N)=O)cn4)c3)n2)cn1. The van der Waals surface area contributed by atoms with Gasteiger partial charge in [0.1, 0.15) is 0 Å². The van der Waals surface area contributed by atoms with Gasteiger partial charge in [-0.2, -0.15) is 10.2 Å². The molecule has 0 fully saturated rings. The van der Waals surface area contributed by atoms with Crippen molar-refractivity contribution in [3.63, 3.8) is 0 Å². The van der Waals surface area contributed by atoms with E-state index in [9.17, 15) is 9.59 Å². The van der Waals surface area contributed by atoms with Crippen LogP contribution in [0.25, 0.3) is 22.6 Å². The molecule has 0 bridgehead atoms. The topological polar surface area (TPSA) is 131 Å². The maximum absolute atomic E-state index is 12.3. The quantitative estimate of drug-likeness (QED) is 0.475. The van der Waals surface area contributed by atoms with Crippen LogP contribution in [0.4, 0.5) is 0 Å². The molecule has 0 unspecified atom stereocenters. The van der Waals surface area contributed by atoms with E-state index in [0.29, 0.717) is 23.8 Å². The number of ether oxygens (including phenoxy) is 1. The zero-order valence-corrected chi connectivity index (χ0v) is 16.7. The highest BCUT2D eigenvalue weighted by Gasteiger charge is 2.08. The van der Waals surface area contributed by atoms with Gasteiger partial charge in [0.2, 0.25) is 0 Å². The molecule has 4 aromatic rings. The maximum atomic E-state index is 12.3. The Morgan fingerprint density at radius 3 is 2.61 bits per heavy atom. The molecule has 0 saturated heterocycles. The molecule has 156 valence electrons. The molecule has 0 radical (unpaired) electrons. The van der Waals surface area contributed by atoms with Crippen LogP contribution in [0.2, 0.25) is 0 Å². The third-order valence-electron chi connectivity index (χ3n) is 4.39. The van der Waals surface area contributed by atoms with Crippen molar-refractivity contribution in [2.45, 2.75) is 6.54 Å². The van der Waals surface area contributed by atoms with Crippen LogP contribution in [0, 0.1) is 0 Å². The molecule has 4 rings (SSSR count). The van der Waals surface area contributed by atoms with Gasteiger partial charge in [0.05, 0.1) is 30.8 Å². The summed E-state index contributed by atoms with van der Waals surface area (Å²) in [4.78, 5) is 31.7. The van der Waals surface area contributed by atoms with Crippen LogP contribution in [-0.2, 0) is 18.4 Å². The predicted octanol–water partition coefficient (Wildman–Crippen LogP) is 1.01. The third kappa shape index (κ3) is 4.81. The second kappa shape index (κ2) is 8.57. The number of aromatic nitrogens is 6. The van der Waals surface area contributed by atoms with Crippen molar-refractivity contribution < 1.29 is 9.53 Å². The molecular weight excluding hydrogens is 398 g/mol. The second-order valence-electron chi connectivity index (χ2n) is 6.81. The van der Waals surface area contributed by atoms with Gasteiger partial charge in [-0.05, 0) is 17.7 Å². The lowest BCUT2D eigenvalue weighted by molar-refractivity contribution is -0.119. The van der Waals surface area contributed by atoms with E-state index in [0.717, 1.165) is 16.7 Å². The van der Waals surface area contributed by atoms with Gasteiger partial charge in [-0.15, -0.1) is 0 Å². The number of hydrogen-bond acceptors (Lipinski definition) is 7. The molecule has 31 heavy (non-hydrogen) atoms. The van der Waals surface area contributed by atoms with Crippen molar-refractivity contribution in [1.29, 1.82) is 0 Å². The molecule has 3 heterocycles. The Bertz CT molecular complexity index is 1280. The van der Waals surface area contributed by atoms with Crippen molar-refractivity contribution >= 4 is 5.91 Å². The number of amides is 1. The van der Waals surface area contributed by atoms with Crippen LogP contribution in [-0.4, -0.2) is 42.0 Å². The summed E-state index contributed by atoms with van der Waals surface area (Å²) in [5, 5.41) is 8.61. The first-order valence-corrected chi connectivity index (χ1v) is 9.37. The number of nitrogens with zero attached hydrogens (tertiary/aromatic N) is 6. The van der Waals surface area contributed by atoms with Crippen molar-refractivity contribution in [2.24, 2.45) is 12.8 Å². The van der Waals surface area contributed by atoms with Gasteiger partial charge in [0, 0.05) is 30.4 Å². The van der Waals surface area contributed by atoms with Crippen molar-refractivity contribution in [3.8, 4) is 28.4 Å². The molecule has 0 aliphatic heterocycles. The Morgan fingerprint density at radius 1 is 1.10 bits per heavy atom. The molecule has 1 amide bonds. The van der Waals surface area contributed by atoms with Gasteiger partial charge in [-0.3, -0.25) is 14.3 Å². The summed E-state index contributed by atoms with van der Waals surface area (Å²) >= 11 is 0. The summed E-state index contributed by atoms with van der Waals surface area (Å²) < 4.78 is 8.26. The van der Waals surface area contributed by atoms with Gasteiger partial charge in [0.15, 0.2) is 18.2 Å². The monoisotopic (exact) mass is 417 g/mol. The Hall–Kier alpha value is -4.34. The van der Waals surface area contributed by atoms with Crippen molar-refractivity contribution in [2.75, 3.05) is 6.61 Å². The summed E-state index contributed by atoms with van der Waals surface area (Å²) in [6.07, 6.45) is 6.49. The zero-order valence-electron chi connectivity index (χ0n) is 16.7. The first kappa shape index (κ1) is 20.0. The van der Waals surface area contributed by atoms with Gasteiger partial charge >= 0.3 is 0 Å². The Balaban J connectivity index is 1.55. The van der Waals surface area contributed by atoms with Crippen LogP contribution in [0.5, 0.6) is 5.75 Å². The molecule has 3 aromatic heterocycles. The summed E-state index contributed by atoms with van der Waals surface area (Å²) in [6, 6.07) is 10.7. The highest BCUT2D eigenvalue weighted by molar-refractivity contribution is 5.75. The van der Waals surface area contributed by atoms with Crippen LogP contribution in [0.1, 0.15) is 5.56 Å². The lowest BCUT2D eigenvalue weighted by Crippen LogP contribution is -2.22. The molecule has 0 atom stereocenters. The Kier molecular flexibility index (Phi) is 5.52. The fraction of sp³-hybridized carbons (Fsp3) is 0.143. The largest absolute Gasteiger partial charge is 0.481 e. The molecule has 10 nitrogen and oxygen atoms in total. The summed E-state index contributed by atoms with van der Waals surface area (Å²) in [5.74, 6) is 0.257. The highest BCUT2D eigenvalue weighted by atomic mass is 16.5. The number of primary amides is 1. The number of carbonyl (C=O) groups is 1. The first-order chi connectivity index (χ1) is 15.0. The normalized spacial score (nSPS) is 10.7. The number of hydrogen-bond donors (Lipinski definition) is 1. The molecule has 0 saturated carbocycles. The predicted molar refractivity (Wildman–Crippen MR) is 112 cm³/mol. The van der Waals surface area contributed by atoms with Crippen LogP contribution in [0.15, 0.2) is 66.0 Å². The molecule has 0 aliphatic carbocycles. The standard InChI is InChI=1S/C21H19N7O3/c1-27-12-16(8-25-27)18-5-6-20(30)28(26-18)11-14-3-2-4-15(7-14)21-23-9-17(10-24-21)31-13-19(22)29/h2-10,12H,11,13H2,1H3,(H2,22,29). The first-order valence-electron chi connectivity index (χ1n) is 9.37. The molecule has 2 N–H and O–H groups in total. The van der Waals surface area contributed by atoms with Gasteiger partial charge in [-0.1, -0.05) is 18.2 Å². The van der Waals surface area contributed by atoms with Gasteiger partial charge < -0.3 is 10.5 Å². The Morgan fingerprint density at radius 2 is 1.90 bits per heavy atom. The van der Waals surface area contributed by atoms with E-state index >= 15 is 0 Å². The molecule has 1 aromatic carbocycles. The van der Waals surface area contributed by atoms with Crippen LogP contribution < -0.4 is 16.0 Å². The third-order valence-corrected chi connectivity index (χ3v) is 4.39. The minimum Gasteiger partial charge on any atom is -0.481 e. The maximum Gasteiger partial charge on any atom is 0.267 e. The summed E-state index contributed by atoms with van der Waals surface area (Å²) in [5.41, 5.74) is 7.99. The van der Waals surface area contributed by atoms with Gasteiger partial charge in [-0.25, -0.2) is 14.6 Å². The summed E-state index contributed by atoms with van der Waals surface area (Å²) in [7, 11) is 1.82. The van der Waals surface area contributed by atoms with E-state index < -0.39 is 5.91 Å². The lowest BCUT2D eigenvalue weighted by atomic mass is 10.1. The molecule has 0 aliphatic rings. The number of benzene rings is 1. The number of aryl methyl sites for hydroxylation is 1. The average Bonchev–Trinajstić information content (AvgIpc) is 3.21.